The van der Waals surface area contributed by atoms with Crippen LogP contribution >= 0.6 is 0 Å². The average Bonchev–Trinajstić information content (AvgIpc) is 3.31. The monoisotopic (exact) mass is 412 g/mol. The number of nitrogens with one attached hydrogen (secondary N) is 3. The fourth-order valence-electron chi connectivity index (χ4n) is 3.49. The predicted octanol–water partition coefficient (Wildman–Crippen LogP) is 3.51. The quantitative estimate of drug-likeness (QED) is 0.555. The maximum absolute atomic E-state index is 14.0. The first kappa shape index (κ1) is 18.6. The number of carbonyl (C=O) groups is 1. The highest BCUT2D eigenvalue weighted by molar-refractivity contribution is 6.04. The van der Waals surface area contributed by atoms with Gasteiger partial charge in [0.25, 0.3) is 16.8 Å². The van der Waals surface area contributed by atoms with Crippen LogP contribution in [0.3, 0.4) is 0 Å². The van der Waals surface area contributed by atoms with E-state index in [1.54, 1.807) is 39.8 Å². The maximum atomic E-state index is 14.0. The summed E-state index contributed by atoms with van der Waals surface area (Å²) in [7, 11) is 0. The summed E-state index contributed by atoms with van der Waals surface area (Å²) in [6, 6.07) is 4.33. The third kappa shape index (κ3) is 3.18. The summed E-state index contributed by atoms with van der Waals surface area (Å²) in [5, 5.41) is 8.23. The van der Waals surface area contributed by atoms with E-state index in [0.29, 0.717) is 11.5 Å². The van der Waals surface area contributed by atoms with Gasteiger partial charge in [0.2, 0.25) is 0 Å². The number of hydrogen-bond donors (Lipinski definition) is 3. The zero-order valence-corrected chi connectivity index (χ0v) is 17.0. The van der Waals surface area contributed by atoms with Gasteiger partial charge in [-0.3, -0.25) is 14.4 Å². The number of benzene rings is 1. The Hall–Kier alpha value is -3.42. The van der Waals surface area contributed by atoms with Gasteiger partial charge in [0.05, 0.1) is 18.6 Å². The molecule has 0 saturated carbocycles. The third-order valence-corrected chi connectivity index (χ3v) is 5.07. The molecular formula is C22H22FN3O4. The van der Waals surface area contributed by atoms with E-state index in [4.69, 9.17) is 5.79 Å². The van der Waals surface area contributed by atoms with Crippen molar-refractivity contribution in [2.45, 2.75) is 40.3 Å². The number of halogens is 1. The van der Waals surface area contributed by atoms with Crippen LogP contribution in [0.2, 0.25) is 0 Å². The number of hydrogen-bond acceptors (Lipinski definition) is 6. The van der Waals surface area contributed by atoms with E-state index in [1.807, 2.05) is 0 Å². The van der Waals surface area contributed by atoms with Crippen LogP contribution in [0.15, 0.2) is 38.3 Å². The van der Waals surface area contributed by atoms with E-state index in [0.717, 1.165) is 0 Å². The summed E-state index contributed by atoms with van der Waals surface area (Å²) in [5.41, 5.74) is -1.97. The Morgan fingerprint density at radius 3 is 2.47 bits per heavy atom. The lowest BCUT2D eigenvalue weighted by molar-refractivity contribution is 0.0966. The number of rotatable bonds is 5. The van der Waals surface area contributed by atoms with Gasteiger partial charge in [-0.05, 0) is 36.6 Å². The van der Waals surface area contributed by atoms with Crippen LogP contribution in [-0.4, -0.2) is 5.91 Å². The maximum Gasteiger partial charge on any atom is 0.254 e. The number of carbonyl (C=O) groups excluding carboxylic acids is 1. The van der Waals surface area contributed by atoms with Gasteiger partial charge in [-0.25, -0.2) is 4.39 Å². The first-order valence-electron chi connectivity index (χ1n) is 9.99. The summed E-state index contributed by atoms with van der Waals surface area (Å²) in [4.78, 5) is 36.9. The highest BCUT2D eigenvalue weighted by Gasteiger charge is 2.34. The van der Waals surface area contributed by atoms with Gasteiger partial charge in [-0.1, -0.05) is 20.8 Å². The molecule has 0 spiro atoms. The molecular weight excluding hydrogens is 389 g/mol. The topological polar surface area (TPSA) is 100 Å². The molecule has 1 aliphatic heterocycles. The zero-order valence-electron chi connectivity index (χ0n) is 18.0. The second kappa shape index (κ2) is 6.83. The molecule has 1 aromatic heterocycles. The largest absolute Gasteiger partial charge is 0.464 e. The van der Waals surface area contributed by atoms with Crippen molar-refractivity contribution in [1.82, 2.24) is 5.32 Å². The highest BCUT2D eigenvalue weighted by Crippen LogP contribution is 2.38. The lowest BCUT2D eigenvalue weighted by Crippen LogP contribution is -2.39. The highest BCUT2D eigenvalue weighted by atomic mass is 19.1. The van der Waals surface area contributed by atoms with Crippen molar-refractivity contribution >= 4 is 23.0 Å². The Kier molecular flexibility index (Phi) is 4.23. The van der Waals surface area contributed by atoms with Gasteiger partial charge in [0.15, 0.2) is 0 Å². The number of anilines is 3. The van der Waals surface area contributed by atoms with Gasteiger partial charge >= 0.3 is 0 Å². The number of fused-ring (bicyclic) bond motifs is 1. The number of aryl methyl sites for hydroxylation is 1. The molecule has 0 fully saturated rings. The van der Waals surface area contributed by atoms with E-state index in [1.165, 1.54) is 12.1 Å². The van der Waals surface area contributed by atoms with Crippen LogP contribution in [0.4, 0.5) is 21.5 Å². The molecule has 1 aliphatic rings. The lowest BCUT2D eigenvalue weighted by Gasteiger charge is -2.31. The summed E-state index contributed by atoms with van der Waals surface area (Å²) >= 11 is 0. The molecule has 1 amide bonds. The molecule has 3 aromatic rings. The van der Waals surface area contributed by atoms with E-state index in [9.17, 15) is 18.8 Å². The summed E-state index contributed by atoms with van der Waals surface area (Å²) in [5.74, 6) is -0.110. The zero-order chi connectivity index (χ0) is 22.7. The fraction of sp³-hybridized carbons (Fsp3) is 0.318. The molecule has 2 heterocycles. The van der Waals surface area contributed by atoms with E-state index >= 15 is 0 Å². The first-order chi connectivity index (χ1) is 14.4. The summed E-state index contributed by atoms with van der Waals surface area (Å²) in [6.07, 6.45) is 0. The minimum absolute atomic E-state index is 0.0459. The number of amides is 1. The minimum atomic E-state index is -1.57. The van der Waals surface area contributed by atoms with Gasteiger partial charge < -0.3 is 20.4 Å². The van der Waals surface area contributed by atoms with E-state index in [-0.39, 0.29) is 34.7 Å². The minimum Gasteiger partial charge on any atom is -0.464 e. The Morgan fingerprint density at radius 1 is 1.13 bits per heavy atom. The molecule has 0 bridgehead atoms. The first-order valence-corrected chi connectivity index (χ1v) is 9.49. The van der Waals surface area contributed by atoms with Crippen LogP contribution in [0.25, 0.3) is 0 Å². The molecule has 0 radical (unpaired) electrons. The predicted molar refractivity (Wildman–Crippen MR) is 111 cm³/mol. The molecule has 3 N–H and O–H groups in total. The molecule has 8 heteroatoms. The summed E-state index contributed by atoms with van der Waals surface area (Å²) in [6.45, 7) is 7.21. The van der Waals surface area contributed by atoms with Crippen molar-refractivity contribution in [2.24, 2.45) is 5.41 Å². The van der Waals surface area contributed by atoms with Crippen molar-refractivity contribution in [1.29, 1.82) is 0 Å². The second-order valence-corrected chi connectivity index (χ2v) is 8.32. The Morgan fingerprint density at radius 2 is 1.83 bits per heavy atom. The standard InChI is InChI=1S/C22H22FN3O4/c1-10-5-8-14(30-10)20(22(2,3)4)26-17-16(18(27)19(17)28)25-13-7-6-12(23)11-9-24-21(29)15(11)13/h5-8,20,25-26H,9H2,1-4H3,(H,24,29)/i20D. The van der Waals surface area contributed by atoms with E-state index < -0.39 is 34.0 Å². The molecule has 1 atom stereocenters. The molecule has 0 saturated heterocycles. The van der Waals surface area contributed by atoms with Gasteiger partial charge in [0.1, 0.15) is 28.7 Å². The normalized spacial score (nSPS) is 16.0. The average molecular weight is 412 g/mol. The van der Waals surface area contributed by atoms with Crippen molar-refractivity contribution in [2.75, 3.05) is 10.6 Å². The second-order valence-electron chi connectivity index (χ2n) is 8.32. The van der Waals surface area contributed by atoms with Crippen LogP contribution in [0.1, 0.15) is 55.6 Å². The number of furan rings is 1. The van der Waals surface area contributed by atoms with Crippen LogP contribution in [0.5, 0.6) is 0 Å². The molecule has 156 valence electrons. The van der Waals surface area contributed by atoms with Gasteiger partial charge in [-0.2, -0.15) is 0 Å². The SMILES string of the molecule is [2H]C(Nc1c(Nc2ccc(F)c3c2C(=O)NC3)c(=O)c1=O)(c1ccc(C)o1)C(C)(C)C. The molecule has 2 aromatic carbocycles. The Bertz CT molecular complexity index is 1280. The van der Waals surface area contributed by atoms with Crippen molar-refractivity contribution in [3.05, 3.63) is 73.2 Å². The molecule has 7 nitrogen and oxygen atoms in total. The smallest absolute Gasteiger partial charge is 0.254 e. The third-order valence-electron chi connectivity index (χ3n) is 5.07. The Balaban J connectivity index is 1.75. The van der Waals surface area contributed by atoms with Crippen molar-refractivity contribution in [3.8, 4) is 0 Å². The lowest BCUT2D eigenvalue weighted by atomic mass is 9.85. The molecule has 4 rings (SSSR count). The molecule has 1 unspecified atom stereocenters. The molecule has 0 aliphatic carbocycles. The van der Waals surface area contributed by atoms with Gasteiger partial charge in [0, 0.05) is 12.1 Å². The fourth-order valence-corrected chi connectivity index (χ4v) is 3.49. The van der Waals surface area contributed by atoms with Crippen LogP contribution < -0.4 is 26.8 Å². The van der Waals surface area contributed by atoms with Gasteiger partial charge in [-0.15, -0.1) is 0 Å². The van der Waals surface area contributed by atoms with Crippen molar-refractivity contribution < 1.29 is 15.0 Å². The van der Waals surface area contributed by atoms with Crippen molar-refractivity contribution in [3.63, 3.8) is 0 Å². The van der Waals surface area contributed by atoms with Crippen LogP contribution in [-0.2, 0) is 6.54 Å². The Labute approximate surface area is 173 Å². The van der Waals surface area contributed by atoms with E-state index in [2.05, 4.69) is 16.0 Å². The molecule has 30 heavy (non-hydrogen) atoms. The summed E-state index contributed by atoms with van der Waals surface area (Å²) < 4.78 is 28.8. The van der Waals surface area contributed by atoms with Crippen LogP contribution in [0, 0.1) is 18.2 Å².